The van der Waals surface area contributed by atoms with Crippen LogP contribution in [0.25, 0.3) is 11.1 Å². The minimum absolute atomic E-state index is 0.276. The minimum atomic E-state index is -0.276. The van der Waals surface area contributed by atoms with E-state index in [2.05, 4.69) is 43.0 Å². The van der Waals surface area contributed by atoms with Gasteiger partial charge in [-0.25, -0.2) is 4.79 Å². The van der Waals surface area contributed by atoms with Gasteiger partial charge < -0.3 is 4.42 Å². The van der Waals surface area contributed by atoms with Gasteiger partial charge in [0.2, 0.25) is 0 Å². The normalized spacial score (nSPS) is 14.7. The lowest BCUT2D eigenvalue weighted by Crippen LogP contribution is -2.32. The molecule has 4 heteroatoms. The fourth-order valence-electron chi connectivity index (χ4n) is 3.31. The van der Waals surface area contributed by atoms with Crippen molar-refractivity contribution >= 4 is 11.1 Å². The van der Waals surface area contributed by atoms with E-state index >= 15 is 0 Å². The van der Waals surface area contributed by atoms with Gasteiger partial charge in [-0.3, -0.25) is 9.47 Å². The molecule has 0 unspecified atom stereocenters. The van der Waals surface area contributed by atoms with Crippen LogP contribution in [0.4, 0.5) is 0 Å². The Balaban J connectivity index is 1.57. The molecule has 0 saturated heterocycles. The molecule has 0 N–H and O–H groups in total. The van der Waals surface area contributed by atoms with Crippen molar-refractivity contribution in [3.63, 3.8) is 0 Å². The first-order valence-corrected chi connectivity index (χ1v) is 9.03. The Morgan fingerprint density at radius 3 is 2.52 bits per heavy atom. The molecule has 0 radical (unpaired) electrons. The van der Waals surface area contributed by atoms with Crippen molar-refractivity contribution in [1.82, 2.24) is 9.47 Å². The van der Waals surface area contributed by atoms with Gasteiger partial charge in [-0.2, -0.15) is 0 Å². The smallest absolute Gasteiger partial charge is 0.408 e. The zero-order valence-corrected chi connectivity index (χ0v) is 14.8. The van der Waals surface area contributed by atoms with Crippen molar-refractivity contribution < 1.29 is 4.42 Å². The summed E-state index contributed by atoms with van der Waals surface area (Å²) in [4.78, 5) is 14.6. The Morgan fingerprint density at radius 2 is 1.84 bits per heavy atom. The fourth-order valence-corrected chi connectivity index (χ4v) is 3.31. The lowest BCUT2D eigenvalue weighted by atomic mass is 10.0. The Labute approximate surface area is 147 Å². The van der Waals surface area contributed by atoms with Crippen LogP contribution in [0.15, 0.2) is 57.7 Å². The third-order valence-electron chi connectivity index (χ3n) is 4.99. The van der Waals surface area contributed by atoms with Crippen LogP contribution < -0.4 is 5.76 Å². The van der Waals surface area contributed by atoms with Gasteiger partial charge in [-0.15, -0.1) is 0 Å². The molecule has 1 aliphatic carbocycles. The molecule has 0 spiro atoms. The number of fused-ring (bicyclic) bond motifs is 1. The summed E-state index contributed by atoms with van der Waals surface area (Å²) < 4.78 is 7.12. The number of aromatic nitrogens is 1. The second kappa shape index (κ2) is 6.52. The molecule has 0 bridgehead atoms. The molecule has 130 valence electrons. The van der Waals surface area contributed by atoms with E-state index in [4.69, 9.17) is 4.42 Å². The molecule has 4 nitrogen and oxygen atoms in total. The summed E-state index contributed by atoms with van der Waals surface area (Å²) >= 11 is 0. The van der Waals surface area contributed by atoms with Crippen molar-refractivity contribution in [3.8, 4) is 0 Å². The number of nitrogens with zero attached hydrogens (tertiary/aromatic N) is 2. The highest BCUT2D eigenvalue weighted by Gasteiger charge is 2.30. The maximum absolute atomic E-state index is 12.3. The van der Waals surface area contributed by atoms with E-state index in [0.29, 0.717) is 24.2 Å². The number of hydrogen-bond donors (Lipinski definition) is 0. The first-order valence-electron chi connectivity index (χ1n) is 9.03. The van der Waals surface area contributed by atoms with Crippen LogP contribution in [-0.2, 0) is 13.2 Å². The monoisotopic (exact) mass is 336 g/mol. The lowest BCUT2D eigenvalue weighted by molar-refractivity contribution is 0.195. The van der Waals surface area contributed by atoms with E-state index in [1.165, 1.54) is 24.0 Å². The summed E-state index contributed by atoms with van der Waals surface area (Å²) in [5.41, 5.74) is 4.17. The molecule has 0 atom stereocenters. The summed E-state index contributed by atoms with van der Waals surface area (Å²) in [5.74, 6) is 0.270. The van der Waals surface area contributed by atoms with Gasteiger partial charge in [-0.1, -0.05) is 50.2 Å². The Morgan fingerprint density at radius 1 is 1.12 bits per heavy atom. The molecule has 1 fully saturated rings. The van der Waals surface area contributed by atoms with E-state index in [1.54, 1.807) is 4.57 Å². The molecule has 2 aromatic carbocycles. The molecule has 0 amide bonds. The second-order valence-corrected chi connectivity index (χ2v) is 7.28. The fraction of sp³-hybridized carbons (Fsp3) is 0.381. The highest BCUT2D eigenvalue weighted by Crippen LogP contribution is 2.29. The SMILES string of the molecule is CC(C)c1ccc(CN(Cn2c(=O)oc3ccccc32)C2CC2)cc1. The van der Waals surface area contributed by atoms with Gasteiger partial charge in [0, 0.05) is 12.6 Å². The summed E-state index contributed by atoms with van der Waals surface area (Å²) in [7, 11) is 0. The van der Waals surface area contributed by atoms with E-state index in [1.807, 2.05) is 24.3 Å². The van der Waals surface area contributed by atoms with Gasteiger partial charge in [-0.05, 0) is 42.0 Å². The predicted molar refractivity (Wildman–Crippen MR) is 99.6 cm³/mol. The summed E-state index contributed by atoms with van der Waals surface area (Å²) in [5, 5.41) is 0. The molecule has 25 heavy (non-hydrogen) atoms. The number of para-hydroxylation sites is 2. The van der Waals surface area contributed by atoms with Crippen molar-refractivity contribution in [1.29, 1.82) is 0 Å². The van der Waals surface area contributed by atoms with Gasteiger partial charge in [0.05, 0.1) is 12.2 Å². The number of hydrogen-bond acceptors (Lipinski definition) is 3. The quantitative estimate of drug-likeness (QED) is 0.672. The first kappa shape index (κ1) is 16.2. The standard InChI is InChI=1S/C21H24N2O2/c1-15(2)17-9-7-16(8-10-17)13-22(18-11-12-18)14-23-19-5-3-4-6-20(19)25-21(23)24/h3-10,15,18H,11-14H2,1-2H3. The molecule has 1 aromatic heterocycles. The first-order chi connectivity index (χ1) is 12.1. The molecule has 1 saturated carbocycles. The second-order valence-electron chi connectivity index (χ2n) is 7.28. The number of benzene rings is 2. The average molecular weight is 336 g/mol. The zero-order valence-electron chi connectivity index (χ0n) is 14.8. The van der Waals surface area contributed by atoms with Gasteiger partial charge >= 0.3 is 5.76 Å². The molecule has 1 heterocycles. The van der Waals surface area contributed by atoms with Crippen molar-refractivity contribution in [3.05, 3.63) is 70.2 Å². The summed E-state index contributed by atoms with van der Waals surface area (Å²) in [6, 6.07) is 17.0. The molecular formula is C21H24N2O2. The summed E-state index contributed by atoms with van der Waals surface area (Å²) in [6.45, 7) is 5.85. The van der Waals surface area contributed by atoms with Crippen molar-refractivity contribution in [2.75, 3.05) is 0 Å². The molecule has 0 aliphatic heterocycles. The van der Waals surface area contributed by atoms with Crippen molar-refractivity contribution in [2.45, 2.75) is 51.9 Å². The Kier molecular flexibility index (Phi) is 4.22. The molecule has 4 rings (SSSR count). The van der Waals surface area contributed by atoms with E-state index in [9.17, 15) is 4.79 Å². The van der Waals surface area contributed by atoms with Crippen LogP contribution in [0.2, 0.25) is 0 Å². The Hall–Kier alpha value is -2.33. The highest BCUT2D eigenvalue weighted by atomic mass is 16.4. The van der Waals surface area contributed by atoms with Gasteiger partial charge in [0.15, 0.2) is 5.58 Å². The number of oxazole rings is 1. The van der Waals surface area contributed by atoms with Crippen LogP contribution in [0.5, 0.6) is 0 Å². The van der Waals surface area contributed by atoms with Crippen LogP contribution in [0, 0.1) is 0 Å². The maximum atomic E-state index is 12.3. The molecule has 1 aliphatic rings. The van der Waals surface area contributed by atoms with Crippen molar-refractivity contribution in [2.24, 2.45) is 0 Å². The highest BCUT2D eigenvalue weighted by molar-refractivity contribution is 5.72. The average Bonchev–Trinajstić information content (AvgIpc) is 3.40. The molecular weight excluding hydrogens is 312 g/mol. The predicted octanol–water partition coefficient (Wildman–Crippen LogP) is 4.34. The van der Waals surface area contributed by atoms with Crippen LogP contribution in [0.3, 0.4) is 0 Å². The van der Waals surface area contributed by atoms with E-state index in [0.717, 1.165) is 12.1 Å². The number of rotatable bonds is 6. The largest absolute Gasteiger partial charge is 0.421 e. The van der Waals surface area contributed by atoms with Gasteiger partial charge in [0.1, 0.15) is 0 Å². The third kappa shape index (κ3) is 3.40. The topological polar surface area (TPSA) is 38.4 Å². The van der Waals surface area contributed by atoms with Crippen LogP contribution in [0.1, 0.15) is 43.7 Å². The minimum Gasteiger partial charge on any atom is -0.408 e. The lowest BCUT2D eigenvalue weighted by Gasteiger charge is -2.22. The van der Waals surface area contributed by atoms with E-state index < -0.39 is 0 Å². The zero-order chi connectivity index (χ0) is 17.4. The third-order valence-corrected chi connectivity index (χ3v) is 4.99. The van der Waals surface area contributed by atoms with E-state index in [-0.39, 0.29) is 5.76 Å². The van der Waals surface area contributed by atoms with Crippen LogP contribution in [-0.4, -0.2) is 15.5 Å². The van der Waals surface area contributed by atoms with Gasteiger partial charge in [0.25, 0.3) is 0 Å². The molecule has 3 aromatic rings. The Bertz CT molecular complexity index is 917. The van der Waals surface area contributed by atoms with Crippen LogP contribution >= 0.6 is 0 Å². The summed E-state index contributed by atoms with van der Waals surface area (Å²) in [6.07, 6.45) is 2.41. The maximum Gasteiger partial charge on any atom is 0.421 e.